The predicted molar refractivity (Wildman–Crippen MR) is 74.7 cm³/mol. The number of aliphatic hydroxyl groups is 1. The highest BCUT2D eigenvalue weighted by atomic mass is 79.9. The standard InChI is InChI=1S/C13H11Br2NO/c14-10-5-6-12(16-8-10)13(17)7-9-3-1-2-4-11(9)15/h1-6,8,13,17H,7H2. The second kappa shape index (κ2) is 5.76. The van der Waals surface area contributed by atoms with Gasteiger partial charge >= 0.3 is 0 Å². The van der Waals surface area contributed by atoms with E-state index in [1.54, 1.807) is 6.20 Å². The van der Waals surface area contributed by atoms with Crippen LogP contribution in [0.3, 0.4) is 0 Å². The van der Waals surface area contributed by atoms with Crippen molar-refractivity contribution in [2.75, 3.05) is 0 Å². The van der Waals surface area contributed by atoms with Crippen LogP contribution in [0.2, 0.25) is 0 Å². The fourth-order valence-corrected chi connectivity index (χ4v) is 2.24. The largest absolute Gasteiger partial charge is 0.386 e. The summed E-state index contributed by atoms with van der Waals surface area (Å²) in [5, 5.41) is 10.1. The molecule has 88 valence electrons. The molecule has 1 N–H and O–H groups in total. The molecule has 17 heavy (non-hydrogen) atoms. The van der Waals surface area contributed by atoms with E-state index >= 15 is 0 Å². The zero-order chi connectivity index (χ0) is 12.3. The van der Waals surface area contributed by atoms with Crippen LogP contribution in [0.5, 0.6) is 0 Å². The van der Waals surface area contributed by atoms with Crippen LogP contribution < -0.4 is 0 Å². The first-order chi connectivity index (χ1) is 8.16. The summed E-state index contributed by atoms with van der Waals surface area (Å²) in [6, 6.07) is 11.6. The van der Waals surface area contributed by atoms with E-state index in [4.69, 9.17) is 0 Å². The van der Waals surface area contributed by atoms with Crippen LogP contribution in [0.1, 0.15) is 17.4 Å². The van der Waals surface area contributed by atoms with Crippen LogP contribution in [-0.4, -0.2) is 10.1 Å². The van der Waals surface area contributed by atoms with Gasteiger partial charge in [-0.2, -0.15) is 0 Å². The molecule has 1 aromatic heterocycles. The van der Waals surface area contributed by atoms with Gasteiger partial charge in [0.15, 0.2) is 0 Å². The van der Waals surface area contributed by atoms with Crippen LogP contribution in [0, 0.1) is 0 Å². The molecular weight excluding hydrogens is 346 g/mol. The number of hydrogen-bond acceptors (Lipinski definition) is 2. The molecule has 2 aromatic rings. The third-order valence-corrected chi connectivity index (χ3v) is 3.71. The quantitative estimate of drug-likeness (QED) is 0.905. The van der Waals surface area contributed by atoms with E-state index in [1.807, 2.05) is 36.4 Å². The molecular formula is C13H11Br2NO. The second-order valence-corrected chi connectivity index (χ2v) is 5.48. The van der Waals surface area contributed by atoms with Gasteiger partial charge in [0.2, 0.25) is 0 Å². The second-order valence-electron chi connectivity index (χ2n) is 3.71. The zero-order valence-corrected chi connectivity index (χ0v) is 12.1. The van der Waals surface area contributed by atoms with Crippen LogP contribution in [-0.2, 0) is 6.42 Å². The first-order valence-electron chi connectivity index (χ1n) is 5.20. The molecule has 0 radical (unpaired) electrons. The third-order valence-electron chi connectivity index (χ3n) is 2.46. The lowest BCUT2D eigenvalue weighted by Gasteiger charge is -2.11. The number of aromatic nitrogens is 1. The zero-order valence-electron chi connectivity index (χ0n) is 8.98. The number of hydrogen-bond donors (Lipinski definition) is 1. The molecule has 4 heteroatoms. The molecule has 0 amide bonds. The molecule has 0 aliphatic rings. The van der Waals surface area contributed by atoms with E-state index in [9.17, 15) is 5.11 Å². The Kier molecular flexibility index (Phi) is 4.31. The van der Waals surface area contributed by atoms with Crippen LogP contribution in [0.25, 0.3) is 0 Å². The summed E-state index contributed by atoms with van der Waals surface area (Å²) < 4.78 is 1.92. The first kappa shape index (κ1) is 12.7. The van der Waals surface area contributed by atoms with Gasteiger partial charge in [-0.25, -0.2) is 0 Å². The maximum absolute atomic E-state index is 10.1. The Morgan fingerprint density at radius 1 is 1.12 bits per heavy atom. The van der Waals surface area contributed by atoms with Gasteiger partial charge in [-0.3, -0.25) is 4.98 Å². The Labute approximate surface area is 117 Å². The van der Waals surface area contributed by atoms with Crippen molar-refractivity contribution in [1.82, 2.24) is 4.98 Å². The molecule has 0 saturated carbocycles. The number of pyridine rings is 1. The van der Waals surface area contributed by atoms with E-state index in [2.05, 4.69) is 36.8 Å². The minimum absolute atomic E-state index is 0.552. The van der Waals surface area contributed by atoms with Gasteiger partial charge in [0.1, 0.15) is 0 Å². The summed E-state index contributed by atoms with van der Waals surface area (Å²) in [6.07, 6.45) is 1.66. The number of benzene rings is 1. The fraction of sp³-hybridized carbons (Fsp3) is 0.154. The Hall–Kier alpha value is -0.710. The maximum Gasteiger partial charge on any atom is 0.1000 e. The van der Waals surface area contributed by atoms with E-state index < -0.39 is 6.10 Å². The summed E-state index contributed by atoms with van der Waals surface area (Å²) in [7, 11) is 0. The lowest BCUT2D eigenvalue weighted by molar-refractivity contribution is 0.173. The van der Waals surface area contributed by atoms with Crippen LogP contribution in [0.15, 0.2) is 51.5 Å². The van der Waals surface area contributed by atoms with Crippen molar-refractivity contribution in [2.45, 2.75) is 12.5 Å². The fourth-order valence-electron chi connectivity index (χ4n) is 1.56. The van der Waals surface area contributed by atoms with E-state index in [0.29, 0.717) is 12.1 Å². The number of aliphatic hydroxyl groups excluding tert-OH is 1. The van der Waals surface area contributed by atoms with Crippen molar-refractivity contribution in [1.29, 1.82) is 0 Å². The predicted octanol–water partition coefficient (Wildman–Crippen LogP) is 3.88. The normalized spacial score (nSPS) is 12.4. The van der Waals surface area contributed by atoms with E-state index in [-0.39, 0.29) is 0 Å². The molecule has 1 heterocycles. The molecule has 0 saturated heterocycles. The molecule has 2 nitrogen and oxygen atoms in total. The average Bonchev–Trinajstić information content (AvgIpc) is 2.33. The van der Waals surface area contributed by atoms with E-state index in [0.717, 1.165) is 14.5 Å². The van der Waals surface area contributed by atoms with Crippen LogP contribution in [0.4, 0.5) is 0 Å². The Morgan fingerprint density at radius 3 is 2.53 bits per heavy atom. The third kappa shape index (κ3) is 3.37. The summed E-state index contributed by atoms with van der Waals surface area (Å²) in [6.45, 7) is 0. The van der Waals surface area contributed by atoms with Crippen molar-refractivity contribution in [3.8, 4) is 0 Å². The summed E-state index contributed by atoms with van der Waals surface area (Å²) in [5.41, 5.74) is 1.76. The highest BCUT2D eigenvalue weighted by Gasteiger charge is 2.11. The lowest BCUT2D eigenvalue weighted by atomic mass is 10.1. The minimum atomic E-state index is -0.582. The molecule has 1 unspecified atom stereocenters. The lowest BCUT2D eigenvalue weighted by Crippen LogP contribution is -2.04. The van der Waals surface area contributed by atoms with Crippen molar-refractivity contribution in [2.24, 2.45) is 0 Å². The minimum Gasteiger partial charge on any atom is -0.386 e. The van der Waals surface area contributed by atoms with Gasteiger partial charge in [-0.15, -0.1) is 0 Å². The summed E-state index contributed by atoms with van der Waals surface area (Å²) in [5.74, 6) is 0. The molecule has 0 bridgehead atoms. The van der Waals surface area contributed by atoms with E-state index in [1.165, 1.54) is 0 Å². The van der Waals surface area contributed by atoms with Crippen molar-refractivity contribution in [3.63, 3.8) is 0 Å². The number of nitrogens with zero attached hydrogens (tertiary/aromatic N) is 1. The summed E-state index contributed by atoms with van der Waals surface area (Å²) in [4.78, 5) is 4.19. The molecule has 1 aromatic carbocycles. The Bertz CT molecular complexity index is 499. The first-order valence-corrected chi connectivity index (χ1v) is 6.78. The summed E-state index contributed by atoms with van der Waals surface area (Å²) >= 11 is 6.79. The number of halogens is 2. The Balaban J connectivity index is 2.14. The van der Waals surface area contributed by atoms with Crippen molar-refractivity contribution < 1.29 is 5.11 Å². The smallest absolute Gasteiger partial charge is 0.1000 e. The molecule has 1 atom stereocenters. The maximum atomic E-state index is 10.1. The van der Waals surface area contributed by atoms with Gasteiger partial charge in [-0.05, 0) is 39.7 Å². The van der Waals surface area contributed by atoms with Crippen LogP contribution >= 0.6 is 31.9 Å². The SMILES string of the molecule is OC(Cc1ccccc1Br)c1ccc(Br)cn1. The van der Waals surface area contributed by atoms with Gasteiger partial charge in [0.25, 0.3) is 0 Å². The van der Waals surface area contributed by atoms with Crippen molar-refractivity contribution >= 4 is 31.9 Å². The topological polar surface area (TPSA) is 33.1 Å². The molecule has 0 spiro atoms. The van der Waals surface area contributed by atoms with Gasteiger partial charge < -0.3 is 5.11 Å². The monoisotopic (exact) mass is 355 g/mol. The average molecular weight is 357 g/mol. The van der Waals surface area contributed by atoms with Gasteiger partial charge in [-0.1, -0.05) is 34.1 Å². The number of rotatable bonds is 3. The Morgan fingerprint density at radius 2 is 1.88 bits per heavy atom. The van der Waals surface area contributed by atoms with Crippen molar-refractivity contribution in [3.05, 3.63) is 62.8 Å². The molecule has 2 rings (SSSR count). The molecule has 0 fully saturated rings. The van der Waals surface area contributed by atoms with Gasteiger partial charge in [0, 0.05) is 21.6 Å². The highest BCUT2D eigenvalue weighted by molar-refractivity contribution is 9.10. The molecule has 0 aliphatic carbocycles. The van der Waals surface area contributed by atoms with Gasteiger partial charge in [0.05, 0.1) is 11.8 Å². The highest BCUT2D eigenvalue weighted by Crippen LogP contribution is 2.23. The molecule has 0 aliphatic heterocycles.